The Morgan fingerprint density at radius 3 is 2.79 bits per heavy atom. The van der Waals surface area contributed by atoms with E-state index in [1.54, 1.807) is 24.1 Å². The van der Waals surface area contributed by atoms with Gasteiger partial charge >= 0.3 is 0 Å². The summed E-state index contributed by atoms with van der Waals surface area (Å²) in [7, 11) is 1.72. The van der Waals surface area contributed by atoms with Gasteiger partial charge in [0.15, 0.2) is 5.76 Å². The van der Waals surface area contributed by atoms with Gasteiger partial charge in [0.05, 0.1) is 12.8 Å². The summed E-state index contributed by atoms with van der Waals surface area (Å²) in [5.74, 6) is 0.657. The number of ether oxygens (including phenoxy) is 1. The van der Waals surface area contributed by atoms with Crippen molar-refractivity contribution in [1.29, 1.82) is 0 Å². The average Bonchev–Trinajstić information content (AvgIpc) is 3.09. The third-order valence-electron chi connectivity index (χ3n) is 3.48. The fraction of sp³-hybridized carbons (Fsp3) is 0.333. The van der Waals surface area contributed by atoms with Gasteiger partial charge in [0, 0.05) is 20.0 Å². The number of hydrogen-bond acceptors (Lipinski definition) is 4. The number of likely N-dealkylation sites (N-methyl/N-ethyl adjacent to an activating group) is 1. The minimum absolute atomic E-state index is 0.0532. The predicted molar refractivity (Wildman–Crippen MR) is 90.0 cm³/mol. The highest BCUT2D eigenvalue weighted by atomic mass is 16.5. The third-order valence-corrected chi connectivity index (χ3v) is 3.48. The zero-order valence-electron chi connectivity index (χ0n) is 14.0. The van der Waals surface area contributed by atoms with Gasteiger partial charge in [0.2, 0.25) is 5.91 Å². The van der Waals surface area contributed by atoms with E-state index < -0.39 is 0 Å². The van der Waals surface area contributed by atoms with Gasteiger partial charge < -0.3 is 19.4 Å². The van der Waals surface area contributed by atoms with Crippen LogP contribution < -0.4 is 10.1 Å². The van der Waals surface area contributed by atoms with Gasteiger partial charge in [-0.2, -0.15) is 0 Å². The van der Waals surface area contributed by atoms with E-state index in [-0.39, 0.29) is 30.5 Å². The molecule has 0 bridgehead atoms. The molecule has 6 nitrogen and oxygen atoms in total. The lowest BCUT2D eigenvalue weighted by Gasteiger charge is -2.17. The maximum Gasteiger partial charge on any atom is 0.286 e. The predicted octanol–water partition coefficient (Wildman–Crippen LogP) is 2.25. The SMILES string of the molecule is Cc1cccc(OCCN(C)C(=O)CCNC(=O)c2ccco2)c1. The summed E-state index contributed by atoms with van der Waals surface area (Å²) < 4.78 is 10.6. The van der Waals surface area contributed by atoms with Crippen LogP contribution in [0.15, 0.2) is 47.1 Å². The molecule has 0 radical (unpaired) electrons. The van der Waals surface area contributed by atoms with Crippen LogP contribution >= 0.6 is 0 Å². The molecule has 1 heterocycles. The molecular weight excluding hydrogens is 308 g/mol. The Bertz CT molecular complexity index is 667. The average molecular weight is 330 g/mol. The molecule has 128 valence electrons. The molecule has 2 rings (SSSR count). The number of nitrogens with zero attached hydrogens (tertiary/aromatic N) is 1. The number of amides is 2. The number of nitrogens with one attached hydrogen (secondary N) is 1. The van der Waals surface area contributed by atoms with Crippen LogP contribution in [0.1, 0.15) is 22.5 Å². The maximum atomic E-state index is 12.0. The van der Waals surface area contributed by atoms with E-state index in [0.717, 1.165) is 11.3 Å². The second-order valence-electron chi connectivity index (χ2n) is 5.46. The van der Waals surface area contributed by atoms with Crippen LogP contribution in [-0.4, -0.2) is 43.5 Å². The topological polar surface area (TPSA) is 71.8 Å². The lowest BCUT2D eigenvalue weighted by molar-refractivity contribution is -0.130. The molecule has 0 aliphatic carbocycles. The highest BCUT2D eigenvalue weighted by Gasteiger charge is 2.11. The van der Waals surface area contributed by atoms with Crippen molar-refractivity contribution < 1.29 is 18.7 Å². The van der Waals surface area contributed by atoms with Crippen LogP contribution in [0.25, 0.3) is 0 Å². The highest BCUT2D eigenvalue weighted by Crippen LogP contribution is 2.12. The number of carbonyl (C=O) groups excluding carboxylic acids is 2. The fourth-order valence-corrected chi connectivity index (χ4v) is 2.10. The highest BCUT2D eigenvalue weighted by molar-refractivity contribution is 5.91. The van der Waals surface area contributed by atoms with Crippen molar-refractivity contribution in [3.05, 3.63) is 54.0 Å². The van der Waals surface area contributed by atoms with Gasteiger partial charge in [0.1, 0.15) is 12.4 Å². The van der Waals surface area contributed by atoms with Crippen LogP contribution in [0.2, 0.25) is 0 Å². The van der Waals surface area contributed by atoms with E-state index in [0.29, 0.717) is 13.2 Å². The van der Waals surface area contributed by atoms with E-state index >= 15 is 0 Å². The van der Waals surface area contributed by atoms with Crippen LogP contribution in [0, 0.1) is 6.92 Å². The minimum atomic E-state index is -0.321. The van der Waals surface area contributed by atoms with Gasteiger partial charge in [-0.3, -0.25) is 9.59 Å². The van der Waals surface area contributed by atoms with Crippen LogP contribution in [0.4, 0.5) is 0 Å². The normalized spacial score (nSPS) is 10.2. The molecule has 2 aromatic rings. The molecule has 0 saturated carbocycles. The Morgan fingerprint density at radius 2 is 2.08 bits per heavy atom. The molecule has 1 aromatic heterocycles. The molecule has 24 heavy (non-hydrogen) atoms. The zero-order chi connectivity index (χ0) is 17.4. The zero-order valence-corrected chi connectivity index (χ0v) is 14.0. The summed E-state index contributed by atoms with van der Waals surface area (Å²) in [6.07, 6.45) is 1.66. The first-order valence-corrected chi connectivity index (χ1v) is 7.81. The van der Waals surface area contributed by atoms with Crippen molar-refractivity contribution in [2.45, 2.75) is 13.3 Å². The Balaban J connectivity index is 1.64. The Kier molecular flexibility index (Phi) is 6.42. The first-order chi connectivity index (χ1) is 11.6. The number of carbonyl (C=O) groups is 2. The monoisotopic (exact) mass is 330 g/mol. The summed E-state index contributed by atoms with van der Waals surface area (Å²) >= 11 is 0. The largest absolute Gasteiger partial charge is 0.492 e. The maximum absolute atomic E-state index is 12.0. The van der Waals surface area contributed by atoms with Crippen LogP contribution in [-0.2, 0) is 4.79 Å². The summed E-state index contributed by atoms with van der Waals surface area (Å²) in [6.45, 7) is 3.17. The first kappa shape index (κ1) is 17.6. The molecule has 0 saturated heterocycles. The molecule has 1 aromatic carbocycles. The van der Waals surface area contributed by atoms with Crippen LogP contribution in [0.3, 0.4) is 0 Å². The van der Waals surface area contributed by atoms with E-state index in [4.69, 9.17) is 9.15 Å². The second kappa shape index (κ2) is 8.76. The van der Waals surface area contributed by atoms with Gasteiger partial charge in [-0.1, -0.05) is 12.1 Å². The third kappa shape index (κ3) is 5.46. The smallest absolute Gasteiger partial charge is 0.286 e. The summed E-state index contributed by atoms with van der Waals surface area (Å²) in [6, 6.07) is 11.0. The molecule has 0 aliphatic heterocycles. The fourth-order valence-electron chi connectivity index (χ4n) is 2.10. The van der Waals surface area contributed by atoms with E-state index in [1.807, 2.05) is 31.2 Å². The number of aryl methyl sites for hydroxylation is 1. The number of hydrogen-bond donors (Lipinski definition) is 1. The lowest BCUT2D eigenvalue weighted by Crippen LogP contribution is -2.34. The van der Waals surface area contributed by atoms with Crippen molar-refractivity contribution in [3.63, 3.8) is 0 Å². The van der Waals surface area contributed by atoms with Gasteiger partial charge in [-0.15, -0.1) is 0 Å². The van der Waals surface area contributed by atoms with Crippen molar-refractivity contribution in [2.75, 3.05) is 26.7 Å². The summed E-state index contributed by atoms with van der Waals surface area (Å²) in [4.78, 5) is 25.3. The number of rotatable bonds is 8. The van der Waals surface area contributed by atoms with E-state index in [1.165, 1.54) is 6.26 Å². The van der Waals surface area contributed by atoms with E-state index in [2.05, 4.69) is 5.32 Å². The van der Waals surface area contributed by atoms with Crippen molar-refractivity contribution >= 4 is 11.8 Å². The molecule has 0 unspecified atom stereocenters. The standard InChI is InChI=1S/C18H22N2O4/c1-14-5-3-6-15(13-14)23-12-10-20(2)17(21)8-9-19-18(22)16-7-4-11-24-16/h3-7,11,13H,8-10,12H2,1-2H3,(H,19,22). The molecule has 0 fully saturated rings. The quantitative estimate of drug-likeness (QED) is 0.806. The minimum Gasteiger partial charge on any atom is -0.492 e. The second-order valence-corrected chi connectivity index (χ2v) is 5.46. The van der Waals surface area contributed by atoms with Crippen LogP contribution in [0.5, 0.6) is 5.75 Å². The number of furan rings is 1. The molecule has 1 N–H and O–H groups in total. The van der Waals surface area contributed by atoms with Crippen molar-refractivity contribution in [3.8, 4) is 5.75 Å². The molecule has 2 amide bonds. The van der Waals surface area contributed by atoms with E-state index in [9.17, 15) is 9.59 Å². The molecule has 0 spiro atoms. The van der Waals surface area contributed by atoms with Gasteiger partial charge in [0.25, 0.3) is 5.91 Å². The molecule has 0 aliphatic rings. The van der Waals surface area contributed by atoms with Gasteiger partial charge in [-0.05, 0) is 36.8 Å². The molecule has 0 atom stereocenters. The lowest BCUT2D eigenvalue weighted by atomic mass is 10.2. The Morgan fingerprint density at radius 1 is 1.25 bits per heavy atom. The van der Waals surface area contributed by atoms with Crippen molar-refractivity contribution in [1.82, 2.24) is 10.2 Å². The summed E-state index contributed by atoms with van der Waals surface area (Å²) in [5.41, 5.74) is 1.13. The first-order valence-electron chi connectivity index (χ1n) is 7.81. The molecular formula is C18H22N2O4. The summed E-state index contributed by atoms with van der Waals surface area (Å²) in [5, 5.41) is 2.65. The number of benzene rings is 1. The molecule has 6 heteroatoms. The van der Waals surface area contributed by atoms with Crippen molar-refractivity contribution in [2.24, 2.45) is 0 Å². The Hall–Kier alpha value is -2.76. The Labute approximate surface area is 141 Å². The van der Waals surface area contributed by atoms with Gasteiger partial charge in [-0.25, -0.2) is 0 Å².